The second kappa shape index (κ2) is 5.89. The third-order valence-electron chi connectivity index (χ3n) is 2.83. The van der Waals surface area contributed by atoms with Gasteiger partial charge in [0.1, 0.15) is 11.5 Å². The molecule has 1 aromatic carbocycles. The van der Waals surface area contributed by atoms with Gasteiger partial charge < -0.3 is 9.47 Å². The van der Waals surface area contributed by atoms with Crippen LogP contribution in [0.2, 0.25) is 0 Å². The number of carbonyl (C=O) groups is 1. The molecule has 1 rings (SSSR count). The summed E-state index contributed by atoms with van der Waals surface area (Å²) in [6, 6.07) is 3.82. The number of ether oxygens (including phenoxy) is 2. The summed E-state index contributed by atoms with van der Waals surface area (Å²) < 4.78 is 10.8. The van der Waals surface area contributed by atoms with Gasteiger partial charge in [-0.25, -0.2) is 0 Å². The molecule has 3 nitrogen and oxygen atoms in total. The van der Waals surface area contributed by atoms with E-state index in [1.807, 2.05) is 32.9 Å². The minimum absolute atomic E-state index is 0.132. The molecular formula is C15H22O3. The van der Waals surface area contributed by atoms with Gasteiger partial charge in [0.25, 0.3) is 0 Å². The van der Waals surface area contributed by atoms with E-state index in [0.29, 0.717) is 5.75 Å². The molecule has 3 heteroatoms. The zero-order chi connectivity index (χ0) is 13.9. The fourth-order valence-corrected chi connectivity index (χ4v) is 1.66. The lowest BCUT2D eigenvalue weighted by Gasteiger charge is -2.17. The van der Waals surface area contributed by atoms with E-state index in [4.69, 9.17) is 9.47 Å². The molecule has 0 spiro atoms. The zero-order valence-corrected chi connectivity index (χ0v) is 12.0. The van der Waals surface area contributed by atoms with E-state index in [2.05, 4.69) is 13.8 Å². The monoisotopic (exact) mass is 250 g/mol. The number of carbonyl (C=O) groups excluding carboxylic acids is 1. The normalized spacial score (nSPS) is 10.9. The first-order valence-corrected chi connectivity index (χ1v) is 6.27. The minimum Gasteiger partial charge on any atom is -0.496 e. The van der Waals surface area contributed by atoms with Crippen LogP contribution in [0.4, 0.5) is 0 Å². The number of hydrogen-bond acceptors (Lipinski definition) is 3. The maximum Gasteiger partial charge on any atom is 0.313 e. The van der Waals surface area contributed by atoms with Crippen LogP contribution in [0, 0.1) is 12.8 Å². The highest BCUT2D eigenvalue weighted by atomic mass is 16.5. The van der Waals surface area contributed by atoms with Gasteiger partial charge in [0, 0.05) is 5.56 Å². The van der Waals surface area contributed by atoms with Crippen molar-refractivity contribution < 1.29 is 14.3 Å². The standard InChI is InChI=1S/C15H22O3/c1-9(2)12-8-13(17-6)11(5)7-14(12)18-15(16)10(3)4/h7-10H,1-6H3. The van der Waals surface area contributed by atoms with Crippen molar-refractivity contribution in [3.05, 3.63) is 23.3 Å². The summed E-state index contributed by atoms with van der Waals surface area (Å²) in [7, 11) is 1.65. The second-order valence-electron chi connectivity index (χ2n) is 5.09. The van der Waals surface area contributed by atoms with E-state index in [9.17, 15) is 4.79 Å². The van der Waals surface area contributed by atoms with Crippen LogP contribution in [-0.2, 0) is 4.79 Å². The van der Waals surface area contributed by atoms with Crippen LogP contribution in [0.5, 0.6) is 11.5 Å². The third kappa shape index (κ3) is 3.25. The lowest BCUT2D eigenvalue weighted by molar-refractivity contribution is -0.137. The van der Waals surface area contributed by atoms with Crippen molar-refractivity contribution >= 4 is 5.97 Å². The lowest BCUT2D eigenvalue weighted by Crippen LogP contribution is -2.16. The molecule has 0 amide bonds. The van der Waals surface area contributed by atoms with Gasteiger partial charge >= 0.3 is 5.97 Å². The molecule has 0 aromatic heterocycles. The molecule has 0 aliphatic heterocycles. The molecule has 0 radical (unpaired) electrons. The predicted molar refractivity (Wildman–Crippen MR) is 72.3 cm³/mol. The number of aryl methyl sites for hydroxylation is 1. The molecule has 0 atom stereocenters. The zero-order valence-electron chi connectivity index (χ0n) is 12.0. The Hall–Kier alpha value is -1.51. The second-order valence-corrected chi connectivity index (χ2v) is 5.09. The van der Waals surface area contributed by atoms with Crippen LogP contribution in [0.1, 0.15) is 44.7 Å². The van der Waals surface area contributed by atoms with E-state index >= 15 is 0 Å². The summed E-state index contributed by atoms with van der Waals surface area (Å²) in [5.74, 6) is 1.40. The Bertz CT molecular complexity index is 434. The average molecular weight is 250 g/mol. The molecule has 0 N–H and O–H groups in total. The number of benzene rings is 1. The summed E-state index contributed by atoms with van der Waals surface area (Å²) in [4.78, 5) is 11.7. The van der Waals surface area contributed by atoms with E-state index in [0.717, 1.165) is 16.9 Å². The van der Waals surface area contributed by atoms with Crippen LogP contribution < -0.4 is 9.47 Å². The molecule has 1 aromatic rings. The molecule has 0 unspecified atom stereocenters. The molecule has 0 fully saturated rings. The Morgan fingerprint density at radius 3 is 2.17 bits per heavy atom. The number of hydrogen-bond donors (Lipinski definition) is 0. The number of methoxy groups -OCH3 is 1. The summed E-state index contributed by atoms with van der Waals surface area (Å²) in [5, 5.41) is 0. The Morgan fingerprint density at radius 2 is 1.72 bits per heavy atom. The Morgan fingerprint density at radius 1 is 1.11 bits per heavy atom. The fraction of sp³-hybridized carbons (Fsp3) is 0.533. The first-order chi connectivity index (χ1) is 8.36. The Labute approximate surface area is 109 Å². The highest BCUT2D eigenvalue weighted by Crippen LogP contribution is 2.33. The molecule has 0 saturated carbocycles. The number of esters is 1. The van der Waals surface area contributed by atoms with Crippen molar-refractivity contribution in [2.45, 2.75) is 40.5 Å². The smallest absolute Gasteiger partial charge is 0.313 e. The quantitative estimate of drug-likeness (QED) is 0.604. The van der Waals surface area contributed by atoms with E-state index < -0.39 is 0 Å². The van der Waals surface area contributed by atoms with Gasteiger partial charge in [-0.1, -0.05) is 27.7 Å². The third-order valence-corrected chi connectivity index (χ3v) is 2.83. The van der Waals surface area contributed by atoms with E-state index in [1.165, 1.54) is 0 Å². The predicted octanol–water partition coefficient (Wildman–Crippen LogP) is 3.69. The van der Waals surface area contributed by atoms with Gasteiger partial charge in [0.2, 0.25) is 0 Å². The van der Waals surface area contributed by atoms with E-state index in [-0.39, 0.29) is 17.8 Å². The van der Waals surface area contributed by atoms with Gasteiger partial charge in [-0.2, -0.15) is 0 Å². The van der Waals surface area contributed by atoms with Gasteiger partial charge in [0.15, 0.2) is 0 Å². The van der Waals surface area contributed by atoms with Crippen LogP contribution >= 0.6 is 0 Å². The topological polar surface area (TPSA) is 35.5 Å². The average Bonchev–Trinajstić information content (AvgIpc) is 2.28. The van der Waals surface area contributed by atoms with Crippen LogP contribution in [0.15, 0.2) is 12.1 Å². The maximum absolute atomic E-state index is 11.7. The number of rotatable bonds is 4. The molecule has 0 aliphatic rings. The van der Waals surface area contributed by atoms with Crippen molar-refractivity contribution in [1.29, 1.82) is 0 Å². The highest BCUT2D eigenvalue weighted by molar-refractivity contribution is 5.75. The van der Waals surface area contributed by atoms with Crippen molar-refractivity contribution in [3.8, 4) is 11.5 Å². The summed E-state index contributed by atoms with van der Waals surface area (Å²) in [6.45, 7) is 9.73. The van der Waals surface area contributed by atoms with Gasteiger partial charge in [0.05, 0.1) is 13.0 Å². The molecular weight excluding hydrogens is 228 g/mol. The SMILES string of the molecule is COc1cc(C(C)C)c(OC(=O)C(C)C)cc1C. The molecule has 18 heavy (non-hydrogen) atoms. The van der Waals surface area contributed by atoms with Gasteiger partial charge in [-0.05, 0) is 30.5 Å². The molecule has 100 valence electrons. The first-order valence-electron chi connectivity index (χ1n) is 6.27. The van der Waals surface area contributed by atoms with Crippen LogP contribution in [-0.4, -0.2) is 13.1 Å². The fourth-order valence-electron chi connectivity index (χ4n) is 1.66. The lowest BCUT2D eigenvalue weighted by atomic mass is 9.99. The molecule has 0 heterocycles. The van der Waals surface area contributed by atoms with Crippen molar-refractivity contribution in [1.82, 2.24) is 0 Å². The van der Waals surface area contributed by atoms with Crippen LogP contribution in [0.25, 0.3) is 0 Å². The van der Waals surface area contributed by atoms with Gasteiger partial charge in [-0.15, -0.1) is 0 Å². The highest BCUT2D eigenvalue weighted by Gasteiger charge is 2.16. The first kappa shape index (κ1) is 14.6. The summed E-state index contributed by atoms with van der Waals surface area (Å²) in [6.07, 6.45) is 0. The van der Waals surface area contributed by atoms with Gasteiger partial charge in [-0.3, -0.25) is 4.79 Å². The van der Waals surface area contributed by atoms with Crippen molar-refractivity contribution in [2.24, 2.45) is 5.92 Å². The molecule has 0 bridgehead atoms. The van der Waals surface area contributed by atoms with Crippen molar-refractivity contribution in [2.75, 3.05) is 7.11 Å². The van der Waals surface area contributed by atoms with Crippen LogP contribution in [0.3, 0.4) is 0 Å². The summed E-state index contributed by atoms with van der Waals surface area (Å²) >= 11 is 0. The van der Waals surface area contributed by atoms with Crippen molar-refractivity contribution in [3.63, 3.8) is 0 Å². The summed E-state index contributed by atoms with van der Waals surface area (Å²) in [5.41, 5.74) is 1.96. The molecule has 0 aliphatic carbocycles. The minimum atomic E-state index is -0.207. The van der Waals surface area contributed by atoms with E-state index in [1.54, 1.807) is 7.11 Å². The largest absolute Gasteiger partial charge is 0.496 e. The molecule has 0 saturated heterocycles. The Balaban J connectivity index is 3.17. The maximum atomic E-state index is 11.7. The Kier molecular flexibility index (Phi) is 4.76.